The van der Waals surface area contributed by atoms with E-state index in [-0.39, 0.29) is 30.3 Å². The lowest BCUT2D eigenvalue weighted by molar-refractivity contribution is -0.148. The molecule has 0 bridgehead atoms. The second-order valence-electron chi connectivity index (χ2n) is 8.32. The summed E-state index contributed by atoms with van der Waals surface area (Å²) < 4.78 is 5.98. The van der Waals surface area contributed by atoms with Crippen LogP contribution in [0.25, 0.3) is 0 Å². The van der Waals surface area contributed by atoms with Gasteiger partial charge in [-0.3, -0.25) is 19.4 Å². The number of likely N-dealkylation sites (tertiary alicyclic amines) is 1. The van der Waals surface area contributed by atoms with Crippen molar-refractivity contribution in [2.75, 3.05) is 44.2 Å². The average Bonchev–Trinajstić information content (AvgIpc) is 2.70. The van der Waals surface area contributed by atoms with E-state index in [1.807, 2.05) is 6.07 Å². The third kappa shape index (κ3) is 6.88. The molecule has 3 rings (SSSR count). The van der Waals surface area contributed by atoms with Gasteiger partial charge in [0.25, 0.3) is 0 Å². The first-order valence-electron chi connectivity index (χ1n) is 11.1. The molecule has 2 aliphatic rings. The van der Waals surface area contributed by atoms with Crippen molar-refractivity contribution in [2.45, 2.75) is 58.5 Å². The van der Waals surface area contributed by atoms with Crippen molar-refractivity contribution in [3.63, 3.8) is 0 Å². The van der Waals surface area contributed by atoms with Gasteiger partial charge in [-0.1, -0.05) is 18.6 Å². The predicted octanol–water partition coefficient (Wildman–Crippen LogP) is 3.73. The highest BCUT2D eigenvalue weighted by molar-refractivity contribution is 5.97. The minimum absolute atomic E-state index is 0. The van der Waals surface area contributed by atoms with Gasteiger partial charge in [0.1, 0.15) is 5.75 Å². The predicted molar refractivity (Wildman–Crippen MR) is 123 cm³/mol. The maximum Gasteiger partial charge on any atom is 0.229 e. The largest absolute Gasteiger partial charge is 0.489 e. The van der Waals surface area contributed by atoms with E-state index in [1.165, 1.54) is 10.6 Å². The van der Waals surface area contributed by atoms with E-state index < -0.39 is 0 Å². The molecule has 6 nitrogen and oxygen atoms in total. The van der Waals surface area contributed by atoms with E-state index in [0.717, 1.165) is 57.7 Å². The van der Waals surface area contributed by atoms with Crippen molar-refractivity contribution in [1.29, 1.82) is 0 Å². The van der Waals surface area contributed by atoms with Crippen LogP contribution < -0.4 is 9.64 Å². The summed E-state index contributed by atoms with van der Waals surface area (Å²) in [5, 5.41) is 0. The molecule has 0 saturated carbocycles. The van der Waals surface area contributed by atoms with Crippen LogP contribution in [0.5, 0.6) is 5.75 Å². The maximum atomic E-state index is 11.8. The summed E-state index contributed by atoms with van der Waals surface area (Å²) in [6, 6.07) is 8.31. The number of para-hydroxylation sites is 2. The zero-order valence-corrected chi connectivity index (χ0v) is 19.2. The number of benzene rings is 1. The van der Waals surface area contributed by atoms with Gasteiger partial charge in [0.05, 0.1) is 11.8 Å². The minimum atomic E-state index is 0. The number of ether oxygens (including phenoxy) is 1. The quantitative estimate of drug-likeness (QED) is 0.435. The molecule has 0 N–H and O–H groups in total. The van der Waals surface area contributed by atoms with Crippen LogP contribution >= 0.6 is 12.4 Å². The van der Waals surface area contributed by atoms with E-state index in [9.17, 15) is 9.59 Å². The van der Waals surface area contributed by atoms with E-state index in [1.54, 1.807) is 0 Å². The monoisotopic (exact) mass is 437 g/mol. The lowest BCUT2D eigenvalue weighted by atomic mass is 10.1. The highest BCUT2D eigenvalue weighted by Crippen LogP contribution is 2.29. The van der Waals surface area contributed by atoms with Crippen molar-refractivity contribution < 1.29 is 14.3 Å². The molecule has 2 amide bonds. The van der Waals surface area contributed by atoms with Gasteiger partial charge in [-0.2, -0.15) is 0 Å². The number of imide groups is 1. The number of nitrogens with zero attached hydrogens (tertiary/aromatic N) is 3. The molecule has 30 heavy (non-hydrogen) atoms. The fourth-order valence-electron chi connectivity index (χ4n) is 4.12. The van der Waals surface area contributed by atoms with Crippen molar-refractivity contribution in [2.24, 2.45) is 0 Å². The number of halogens is 1. The van der Waals surface area contributed by atoms with Gasteiger partial charge in [0.15, 0.2) is 0 Å². The fourth-order valence-corrected chi connectivity index (χ4v) is 4.12. The first-order chi connectivity index (χ1) is 14.0. The van der Waals surface area contributed by atoms with Crippen LogP contribution in [0.3, 0.4) is 0 Å². The molecule has 0 atom stereocenters. The zero-order chi connectivity index (χ0) is 20.6. The zero-order valence-electron chi connectivity index (χ0n) is 18.3. The summed E-state index contributed by atoms with van der Waals surface area (Å²) in [7, 11) is 0. The van der Waals surface area contributed by atoms with Crippen LogP contribution in [-0.2, 0) is 9.59 Å². The highest BCUT2D eigenvalue weighted by Gasteiger charge is 2.25. The first-order valence-corrected chi connectivity index (χ1v) is 11.1. The molecule has 7 heteroatoms. The molecule has 2 fully saturated rings. The summed E-state index contributed by atoms with van der Waals surface area (Å²) in [5.41, 5.74) is 1.19. The highest BCUT2D eigenvalue weighted by atomic mass is 35.5. The van der Waals surface area contributed by atoms with E-state index in [0.29, 0.717) is 25.8 Å². The fraction of sp³-hybridized carbons (Fsp3) is 0.652. The smallest absolute Gasteiger partial charge is 0.229 e. The van der Waals surface area contributed by atoms with Crippen LogP contribution in [0.15, 0.2) is 24.3 Å². The number of hydrogen-bond acceptors (Lipinski definition) is 5. The van der Waals surface area contributed by atoms with Gasteiger partial charge in [-0.05, 0) is 51.8 Å². The van der Waals surface area contributed by atoms with Crippen LogP contribution in [0.1, 0.15) is 52.4 Å². The van der Waals surface area contributed by atoms with Gasteiger partial charge in [0.2, 0.25) is 11.8 Å². The number of hydrogen-bond donors (Lipinski definition) is 0. The number of rotatable bonds is 9. The summed E-state index contributed by atoms with van der Waals surface area (Å²) in [6.07, 6.45) is 5.04. The van der Waals surface area contributed by atoms with Crippen LogP contribution in [0.2, 0.25) is 0 Å². The number of piperazine rings is 1. The van der Waals surface area contributed by atoms with Crippen molar-refractivity contribution in [3.05, 3.63) is 24.3 Å². The first kappa shape index (κ1) is 24.5. The van der Waals surface area contributed by atoms with E-state index >= 15 is 0 Å². The van der Waals surface area contributed by atoms with Crippen LogP contribution in [0.4, 0.5) is 5.69 Å². The molecule has 0 aliphatic carbocycles. The summed E-state index contributed by atoms with van der Waals surface area (Å²) >= 11 is 0. The third-order valence-electron chi connectivity index (χ3n) is 5.68. The standard InChI is InChI=1S/C23H35N3O3.ClH/c1-19(2)29-21-10-5-4-9-20(21)25-17-15-24(16-18-25)13-6-3-7-14-26-22(27)11-8-12-23(26)28;/h4-5,9-10,19H,3,6-8,11-18H2,1-2H3;1H. The SMILES string of the molecule is CC(C)Oc1ccccc1N1CCN(CCCCCN2C(=O)CCCC2=O)CC1.Cl. The Morgan fingerprint density at radius 1 is 0.900 bits per heavy atom. The van der Waals surface area contributed by atoms with Gasteiger partial charge >= 0.3 is 0 Å². The van der Waals surface area contributed by atoms with Gasteiger partial charge < -0.3 is 9.64 Å². The Labute approximate surface area is 186 Å². The van der Waals surface area contributed by atoms with Crippen LogP contribution in [-0.4, -0.2) is 67.0 Å². The number of carbonyl (C=O) groups excluding carboxylic acids is 2. The lowest BCUT2D eigenvalue weighted by Crippen LogP contribution is -2.46. The Balaban J connectivity index is 0.00000320. The Hall–Kier alpha value is -1.79. The van der Waals surface area contributed by atoms with E-state index in [4.69, 9.17) is 4.74 Å². The van der Waals surface area contributed by atoms with E-state index in [2.05, 4.69) is 41.8 Å². The molecule has 2 aliphatic heterocycles. The number of piperidine rings is 1. The normalized spacial score (nSPS) is 18.0. The molecule has 0 aromatic heterocycles. The summed E-state index contributed by atoms with van der Waals surface area (Å²) in [6.45, 7) is 9.93. The molecule has 168 valence electrons. The minimum Gasteiger partial charge on any atom is -0.489 e. The third-order valence-corrected chi connectivity index (χ3v) is 5.68. The molecule has 0 unspecified atom stereocenters. The summed E-state index contributed by atoms with van der Waals surface area (Å²) in [5.74, 6) is 0.996. The van der Waals surface area contributed by atoms with Crippen LogP contribution in [0, 0.1) is 0 Å². The molecule has 2 saturated heterocycles. The van der Waals surface area contributed by atoms with Crippen molar-refractivity contribution in [1.82, 2.24) is 9.80 Å². The molecular weight excluding hydrogens is 402 g/mol. The molecular formula is C23H36ClN3O3. The number of anilines is 1. The molecule has 0 radical (unpaired) electrons. The maximum absolute atomic E-state index is 11.8. The molecule has 0 spiro atoms. The second-order valence-corrected chi connectivity index (χ2v) is 8.32. The number of carbonyl (C=O) groups is 2. The van der Waals surface area contributed by atoms with Crippen molar-refractivity contribution in [3.8, 4) is 5.75 Å². The van der Waals surface area contributed by atoms with Crippen molar-refractivity contribution >= 4 is 29.9 Å². The summed E-state index contributed by atoms with van der Waals surface area (Å²) in [4.78, 5) is 30.1. The molecule has 1 aromatic carbocycles. The molecule has 2 heterocycles. The van der Waals surface area contributed by atoms with Gasteiger partial charge in [0, 0.05) is 45.6 Å². The molecule has 1 aromatic rings. The lowest BCUT2D eigenvalue weighted by Gasteiger charge is -2.37. The van der Waals surface area contributed by atoms with Gasteiger partial charge in [-0.15, -0.1) is 12.4 Å². The second kappa shape index (κ2) is 12.2. The Kier molecular flexibility index (Phi) is 9.92. The number of amides is 2. The topological polar surface area (TPSA) is 53.1 Å². The Bertz CT molecular complexity index is 674. The van der Waals surface area contributed by atoms with Gasteiger partial charge in [-0.25, -0.2) is 0 Å². The Morgan fingerprint density at radius 3 is 2.20 bits per heavy atom. The number of unbranched alkanes of at least 4 members (excludes halogenated alkanes) is 2. The Morgan fingerprint density at radius 2 is 1.53 bits per heavy atom. The average molecular weight is 438 g/mol.